The largest absolute Gasteiger partial charge is 0.475 e. The monoisotopic (exact) mass is 504 g/mol. The van der Waals surface area contributed by atoms with Gasteiger partial charge in [0.25, 0.3) is 0 Å². The van der Waals surface area contributed by atoms with Gasteiger partial charge in [-0.05, 0) is 0 Å². The molecule has 2 aliphatic heterocycles. The average molecular weight is 504 g/mol. The number of hydrogen-bond donors (Lipinski definition) is 9. The molecule has 0 aromatic rings. The van der Waals surface area contributed by atoms with E-state index in [9.17, 15) is 49.7 Å². The van der Waals surface area contributed by atoms with Crippen molar-refractivity contribution in [2.45, 2.75) is 75.1 Å². The third kappa shape index (κ3) is 6.88. The van der Waals surface area contributed by atoms with Gasteiger partial charge in [-0.25, -0.2) is 4.57 Å². The van der Waals surface area contributed by atoms with Crippen LogP contribution >= 0.6 is 7.82 Å². The second kappa shape index (κ2) is 11.4. The molecule has 9 N–H and O–H groups in total. The molecule has 2 rings (SSSR count). The molecule has 2 saturated heterocycles. The topological polar surface area (TPSA) is 254 Å². The molecule has 0 aromatic heterocycles. The fourth-order valence-corrected chi connectivity index (χ4v) is 4.53. The van der Waals surface area contributed by atoms with Crippen molar-refractivity contribution in [1.29, 1.82) is 0 Å². The molecule has 33 heavy (non-hydrogen) atoms. The van der Waals surface area contributed by atoms with E-state index in [1.807, 2.05) is 0 Å². The van der Waals surface area contributed by atoms with Gasteiger partial charge in [0, 0.05) is 13.8 Å². The predicted octanol–water partition coefficient (Wildman–Crippen LogP) is -4.99. The Morgan fingerprint density at radius 3 is 1.91 bits per heavy atom. The highest BCUT2D eigenvalue weighted by atomic mass is 31.2. The van der Waals surface area contributed by atoms with Crippen molar-refractivity contribution in [2.24, 2.45) is 0 Å². The van der Waals surface area contributed by atoms with Gasteiger partial charge < -0.3 is 55.6 Å². The van der Waals surface area contributed by atoms with Crippen LogP contribution in [0.5, 0.6) is 0 Å². The van der Waals surface area contributed by atoms with Gasteiger partial charge in [0.1, 0.15) is 48.7 Å². The maximum atomic E-state index is 12.7. The highest BCUT2D eigenvalue weighted by Gasteiger charge is 2.51. The van der Waals surface area contributed by atoms with Gasteiger partial charge >= 0.3 is 7.82 Å². The Balaban J connectivity index is 2.23. The number of carbonyl (C=O) groups excluding carboxylic acids is 2. The van der Waals surface area contributed by atoms with Crippen LogP contribution in [0.4, 0.5) is 0 Å². The molecule has 2 fully saturated rings. The standard InChI is InChI=1S/C16H29N2O14P/c1-5(21)17-9-13(25)14(8(4-20)29-15(9)26)31-33(27,28)32-16-10(18-6(2)22)12(24)11(23)7(3-19)30-16/h7-16,19-20,23-26H,3-4H2,1-2H3,(H,17,21)(H,18,22)(H,27,28)/t7-,8-,9-,10-,11-,12-,13-,14-,15+,16-/m1/s1. The second-order valence-corrected chi connectivity index (χ2v) is 8.90. The summed E-state index contributed by atoms with van der Waals surface area (Å²) in [5.41, 5.74) is 0. The Morgan fingerprint density at radius 1 is 0.848 bits per heavy atom. The zero-order valence-corrected chi connectivity index (χ0v) is 18.5. The van der Waals surface area contributed by atoms with Crippen LogP contribution in [0.25, 0.3) is 0 Å². The maximum Gasteiger partial charge on any atom is 0.475 e. The van der Waals surface area contributed by atoms with Crippen LogP contribution in [0.1, 0.15) is 13.8 Å². The highest BCUT2D eigenvalue weighted by Crippen LogP contribution is 2.49. The molecule has 0 radical (unpaired) electrons. The van der Waals surface area contributed by atoms with Crippen LogP contribution in [0.3, 0.4) is 0 Å². The molecule has 11 atom stereocenters. The van der Waals surface area contributed by atoms with Crippen molar-refractivity contribution in [3.63, 3.8) is 0 Å². The van der Waals surface area contributed by atoms with E-state index in [0.29, 0.717) is 0 Å². The minimum absolute atomic E-state index is 0.678. The van der Waals surface area contributed by atoms with Crippen LogP contribution in [-0.2, 0) is 32.7 Å². The van der Waals surface area contributed by atoms with Gasteiger partial charge in [0.2, 0.25) is 11.8 Å². The summed E-state index contributed by atoms with van der Waals surface area (Å²) in [6.45, 7) is 0.433. The Bertz CT molecular complexity index is 742. The Kier molecular flexibility index (Phi) is 9.70. The van der Waals surface area contributed by atoms with E-state index in [1.165, 1.54) is 0 Å². The molecule has 192 valence electrons. The molecule has 0 aromatic carbocycles. The van der Waals surface area contributed by atoms with Crippen LogP contribution in [-0.4, -0.2) is 122 Å². The summed E-state index contributed by atoms with van der Waals surface area (Å²) in [5.74, 6) is -1.40. The Hall–Kier alpha value is -1.27. The normalized spacial score (nSPS) is 41.1. The van der Waals surface area contributed by atoms with E-state index in [1.54, 1.807) is 0 Å². The van der Waals surface area contributed by atoms with E-state index in [0.717, 1.165) is 13.8 Å². The van der Waals surface area contributed by atoms with Crippen LogP contribution in [0.15, 0.2) is 0 Å². The molecule has 0 bridgehead atoms. The first-order valence-electron chi connectivity index (χ1n) is 9.80. The zero-order chi connectivity index (χ0) is 25.1. The van der Waals surface area contributed by atoms with Gasteiger partial charge in [-0.2, -0.15) is 0 Å². The smallest absolute Gasteiger partial charge is 0.394 e. The number of carbonyl (C=O) groups is 2. The Morgan fingerprint density at radius 2 is 1.39 bits per heavy atom. The number of amides is 2. The summed E-state index contributed by atoms with van der Waals surface area (Å²) in [6, 6.07) is -3.07. The lowest BCUT2D eigenvalue weighted by Crippen LogP contribution is -2.65. The molecule has 17 heteroatoms. The highest BCUT2D eigenvalue weighted by molar-refractivity contribution is 7.47. The first kappa shape index (κ1) is 28.0. The van der Waals surface area contributed by atoms with Crippen LogP contribution in [0.2, 0.25) is 0 Å². The van der Waals surface area contributed by atoms with E-state index >= 15 is 0 Å². The molecular formula is C16H29N2O14P. The zero-order valence-electron chi connectivity index (χ0n) is 17.6. The van der Waals surface area contributed by atoms with Crippen LogP contribution in [0, 0.1) is 0 Å². The molecular weight excluding hydrogens is 475 g/mol. The molecule has 1 unspecified atom stereocenters. The van der Waals surface area contributed by atoms with Crippen LogP contribution < -0.4 is 10.6 Å². The van der Waals surface area contributed by atoms with Gasteiger partial charge in [-0.1, -0.05) is 0 Å². The molecule has 2 aliphatic rings. The first-order chi connectivity index (χ1) is 15.3. The van der Waals surface area contributed by atoms with Crippen molar-refractivity contribution in [3.8, 4) is 0 Å². The second-order valence-electron chi connectivity index (χ2n) is 7.54. The fraction of sp³-hybridized carbons (Fsp3) is 0.875. The summed E-state index contributed by atoms with van der Waals surface area (Å²) in [6.07, 6.45) is -13.8. The summed E-state index contributed by atoms with van der Waals surface area (Å²) in [7, 11) is -5.26. The van der Waals surface area contributed by atoms with Crippen molar-refractivity contribution in [1.82, 2.24) is 10.6 Å². The summed E-state index contributed by atoms with van der Waals surface area (Å²) in [4.78, 5) is 33.0. The third-order valence-electron chi connectivity index (χ3n) is 4.99. The number of ether oxygens (including phenoxy) is 2. The number of nitrogens with one attached hydrogen (secondary N) is 2. The SMILES string of the molecule is CC(=O)N[C@@H]1[C@@H](O)[C@H](OP(=O)(O)O[C@H]2O[C@H](CO)[C@@H](O)[C@H](O)[C@H]2NC(C)=O)[C@@H](CO)O[C@@H]1O. The summed E-state index contributed by atoms with van der Waals surface area (Å²) < 4.78 is 32.7. The summed E-state index contributed by atoms with van der Waals surface area (Å²) >= 11 is 0. The molecule has 2 amide bonds. The lowest BCUT2D eigenvalue weighted by molar-refractivity contribution is -0.262. The van der Waals surface area contributed by atoms with Gasteiger partial charge in [-0.15, -0.1) is 0 Å². The molecule has 0 spiro atoms. The fourth-order valence-electron chi connectivity index (χ4n) is 3.47. The minimum atomic E-state index is -5.26. The number of phosphoric ester groups is 1. The number of phosphoric acid groups is 1. The van der Waals surface area contributed by atoms with Crippen molar-refractivity contribution in [3.05, 3.63) is 0 Å². The lowest BCUT2D eigenvalue weighted by Gasteiger charge is -2.44. The van der Waals surface area contributed by atoms with E-state index in [2.05, 4.69) is 10.6 Å². The third-order valence-corrected chi connectivity index (χ3v) is 5.97. The van der Waals surface area contributed by atoms with Gasteiger partial charge in [0.15, 0.2) is 12.6 Å². The molecule has 16 nitrogen and oxygen atoms in total. The molecule has 2 heterocycles. The quantitative estimate of drug-likeness (QED) is 0.140. The number of aliphatic hydroxyl groups is 6. The van der Waals surface area contributed by atoms with E-state index < -0.39 is 94.1 Å². The number of hydrogen-bond acceptors (Lipinski definition) is 13. The maximum absolute atomic E-state index is 12.7. The average Bonchev–Trinajstić information content (AvgIpc) is 2.71. The van der Waals surface area contributed by atoms with Crippen molar-refractivity contribution in [2.75, 3.05) is 13.2 Å². The number of rotatable bonds is 8. The summed E-state index contributed by atoms with van der Waals surface area (Å²) in [5, 5.41) is 63.8. The van der Waals surface area contributed by atoms with Gasteiger partial charge in [-0.3, -0.25) is 18.6 Å². The van der Waals surface area contributed by atoms with E-state index in [4.69, 9.17) is 18.5 Å². The lowest BCUT2D eigenvalue weighted by atomic mass is 9.97. The minimum Gasteiger partial charge on any atom is -0.394 e. The van der Waals surface area contributed by atoms with Crippen molar-refractivity contribution >= 4 is 19.6 Å². The van der Waals surface area contributed by atoms with Gasteiger partial charge in [0.05, 0.1) is 13.2 Å². The predicted molar refractivity (Wildman–Crippen MR) is 103 cm³/mol. The first-order valence-corrected chi connectivity index (χ1v) is 11.3. The molecule has 0 saturated carbocycles. The molecule has 0 aliphatic carbocycles. The number of aliphatic hydroxyl groups excluding tert-OH is 6. The Labute approximate surface area is 187 Å². The van der Waals surface area contributed by atoms with E-state index in [-0.39, 0.29) is 0 Å². The van der Waals surface area contributed by atoms with Crippen molar-refractivity contribution < 1.29 is 68.2 Å².